The van der Waals surface area contributed by atoms with E-state index in [-0.39, 0.29) is 37.9 Å². The third-order valence-electron chi connectivity index (χ3n) is 6.56. The summed E-state index contributed by atoms with van der Waals surface area (Å²) < 4.78 is 0. The Morgan fingerprint density at radius 1 is 0.791 bits per heavy atom. The van der Waals surface area contributed by atoms with E-state index in [2.05, 4.69) is 25.9 Å². The number of rotatable bonds is 16. The molecule has 4 atom stereocenters. The fourth-order valence-electron chi connectivity index (χ4n) is 4.20. The summed E-state index contributed by atoms with van der Waals surface area (Å²) in [5.74, 6) is -4.10. The number of aromatic hydroxyl groups is 1. The number of aliphatic carboxylic acids is 1. The number of H-pyrrole nitrogens is 1. The molecule has 228 valence electrons. The maximum atomic E-state index is 13.5. The third kappa shape index (κ3) is 10.6. The van der Waals surface area contributed by atoms with Crippen LogP contribution in [0.5, 0.6) is 5.75 Å². The van der Waals surface area contributed by atoms with Crippen LogP contribution in [0.4, 0.5) is 0 Å². The summed E-state index contributed by atoms with van der Waals surface area (Å²) in [7, 11) is 0. The SMILES string of the molecule is NC(=O)CCC(N)C(=O)NC(Cc1cnc[nH]1)C(=O)NC(Cc1ccccc1)C(=O)NC(Cc1ccc(O)cc1)C(=O)O. The Hall–Kier alpha value is -5.24. The Balaban J connectivity index is 1.80. The van der Waals surface area contributed by atoms with Crippen LogP contribution in [0, 0.1) is 0 Å². The van der Waals surface area contributed by atoms with Crippen molar-refractivity contribution in [2.75, 3.05) is 0 Å². The number of aromatic nitrogens is 2. The van der Waals surface area contributed by atoms with Gasteiger partial charge in [-0.05, 0) is 29.7 Å². The quantitative estimate of drug-likeness (QED) is 0.104. The lowest BCUT2D eigenvalue weighted by Crippen LogP contribution is -2.58. The number of nitrogens with zero attached hydrogens (tertiary/aromatic N) is 1. The van der Waals surface area contributed by atoms with Crippen molar-refractivity contribution in [3.63, 3.8) is 0 Å². The highest BCUT2D eigenvalue weighted by Crippen LogP contribution is 2.12. The van der Waals surface area contributed by atoms with Gasteiger partial charge in [0.2, 0.25) is 23.6 Å². The highest BCUT2D eigenvalue weighted by molar-refractivity contribution is 5.94. The first kappa shape index (κ1) is 32.3. The highest BCUT2D eigenvalue weighted by atomic mass is 16.4. The van der Waals surface area contributed by atoms with E-state index in [9.17, 15) is 34.2 Å². The van der Waals surface area contributed by atoms with Gasteiger partial charge in [-0.2, -0.15) is 0 Å². The Morgan fingerprint density at radius 2 is 1.35 bits per heavy atom. The lowest BCUT2D eigenvalue weighted by atomic mass is 10.0. The van der Waals surface area contributed by atoms with Crippen molar-refractivity contribution in [1.82, 2.24) is 25.9 Å². The van der Waals surface area contributed by atoms with Gasteiger partial charge >= 0.3 is 5.97 Å². The molecule has 14 nitrogen and oxygen atoms in total. The first-order chi connectivity index (χ1) is 20.5. The second-order valence-electron chi connectivity index (χ2n) is 9.97. The molecule has 2 aromatic carbocycles. The van der Waals surface area contributed by atoms with Crippen molar-refractivity contribution < 1.29 is 34.2 Å². The van der Waals surface area contributed by atoms with E-state index in [4.69, 9.17) is 11.5 Å². The van der Waals surface area contributed by atoms with Crippen molar-refractivity contribution >= 4 is 29.6 Å². The summed E-state index contributed by atoms with van der Waals surface area (Å²) in [6.45, 7) is 0. The Bertz CT molecular complexity index is 1380. The van der Waals surface area contributed by atoms with Crippen molar-refractivity contribution in [2.45, 2.75) is 56.3 Å². The fraction of sp³-hybridized carbons (Fsp3) is 0.310. The van der Waals surface area contributed by atoms with Crippen LogP contribution in [0.15, 0.2) is 67.1 Å². The van der Waals surface area contributed by atoms with Crippen LogP contribution in [-0.4, -0.2) is 73.9 Å². The molecule has 0 saturated carbocycles. The summed E-state index contributed by atoms with van der Waals surface area (Å²) in [5, 5.41) is 27.0. The number of amides is 4. The second-order valence-corrected chi connectivity index (χ2v) is 9.97. The predicted octanol–water partition coefficient (Wildman–Crippen LogP) is -0.725. The summed E-state index contributed by atoms with van der Waals surface area (Å²) in [4.78, 5) is 69.7. The van der Waals surface area contributed by atoms with Crippen molar-refractivity contribution in [1.29, 1.82) is 0 Å². The molecule has 1 aromatic heterocycles. The van der Waals surface area contributed by atoms with Crippen molar-refractivity contribution in [2.24, 2.45) is 11.5 Å². The molecule has 4 unspecified atom stereocenters. The third-order valence-corrected chi connectivity index (χ3v) is 6.56. The van der Waals surface area contributed by atoms with Crippen LogP contribution >= 0.6 is 0 Å². The van der Waals surface area contributed by atoms with Crippen LogP contribution in [0.2, 0.25) is 0 Å². The first-order valence-electron chi connectivity index (χ1n) is 13.5. The van der Waals surface area contributed by atoms with Gasteiger partial charge in [-0.25, -0.2) is 9.78 Å². The molecule has 0 saturated heterocycles. The van der Waals surface area contributed by atoms with E-state index in [1.807, 2.05) is 0 Å². The number of nitrogens with two attached hydrogens (primary N) is 2. The lowest BCUT2D eigenvalue weighted by Gasteiger charge is -2.25. The number of imidazole rings is 1. The number of hydrogen-bond acceptors (Lipinski definition) is 8. The van der Waals surface area contributed by atoms with Gasteiger partial charge in [0, 0.05) is 37.6 Å². The molecule has 0 aliphatic rings. The molecule has 3 rings (SSSR count). The Labute approximate surface area is 247 Å². The van der Waals surface area contributed by atoms with E-state index in [1.165, 1.54) is 36.8 Å². The second kappa shape index (κ2) is 15.7. The highest BCUT2D eigenvalue weighted by Gasteiger charge is 2.31. The number of carboxylic acid groups (broad SMARTS) is 1. The van der Waals surface area contributed by atoms with E-state index < -0.39 is 53.8 Å². The molecule has 1 heterocycles. The number of nitrogens with one attached hydrogen (secondary N) is 4. The minimum absolute atomic E-state index is 0.0101. The molecule has 0 aliphatic carbocycles. The van der Waals surface area contributed by atoms with Crippen LogP contribution in [-0.2, 0) is 43.2 Å². The van der Waals surface area contributed by atoms with Gasteiger partial charge in [0.15, 0.2) is 0 Å². The number of carbonyl (C=O) groups is 5. The molecular weight excluding hydrogens is 558 g/mol. The van der Waals surface area contributed by atoms with Gasteiger partial charge < -0.3 is 42.6 Å². The largest absolute Gasteiger partial charge is 0.508 e. The zero-order valence-electron chi connectivity index (χ0n) is 23.2. The van der Waals surface area contributed by atoms with Gasteiger partial charge in [0.1, 0.15) is 23.9 Å². The summed E-state index contributed by atoms with van der Waals surface area (Å²) in [6.07, 6.45) is 2.63. The van der Waals surface area contributed by atoms with Gasteiger partial charge in [0.25, 0.3) is 0 Å². The minimum Gasteiger partial charge on any atom is -0.508 e. The normalized spacial score (nSPS) is 13.6. The fourth-order valence-corrected chi connectivity index (χ4v) is 4.20. The average molecular weight is 594 g/mol. The molecule has 43 heavy (non-hydrogen) atoms. The molecule has 0 bridgehead atoms. The molecule has 0 aliphatic heterocycles. The number of benzene rings is 2. The minimum atomic E-state index is -1.34. The number of carbonyl (C=O) groups excluding carboxylic acids is 4. The summed E-state index contributed by atoms with van der Waals surface area (Å²) in [6, 6.07) is 9.80. The summed E-state index contributed by atoms with van der Waals surface area (Å²) in [5.41, 5.74) is 12.8. The molecule has 4 amide bonds. The maximum absolute atomic E-state index is 13.5. The molecule has 0 spiro atoms. The zero-order valence-corrected chi connectivity index (χ0v) is 23.2. The number of carboxylic acids is 1. The molecule has 14 heteroatoms. The average Bonchev–Trinajstić information content (AvgIpc) is 3.49. The zero-order chi connectivity index (χ0) is 31.4. The summed E-state index contributed by atoms with van der Waals surface area (Å²) >= 11 is 0. The first-order valence-corrected chi connectivity index (χ1v) is 13.5. The number of phenols is 1. The smallest absolute Gasteiger partial charge is 0.326 e. The number of hydrogen-bond donors (Lipinski definition) is 8. The van der Waals surface area contributed by atoms with Crippen LogP contribution in [0.1, 0.15) is 29.7 Å². The monoisotopic (exact) mass is 593 g/mol. The van der Waals surface area contributed by atoms with E-state index in [0.29, 0.717) is 16.8 Å². The van der Waals surface area contributed by atoms with Gasteiger partial charge in [-0.3, -0.25) is 19.2 Å². The van der Waals surface area contributed by atoms with Gasteiger partial charge in [-0.15, -0.1) is 0 Å². The van der Waals surface area contributed by atoms with Crippen LogP contribution < -0.4 is 27.4 Å². The molecule has 3 aromatic rings. The van der Waals surface area contributed by atoms with Crippen LogP contribution in [0.3, 0.4) is 0 Å². The Kier molecular flexibility index (Phi) is 11.8. The molecule has 0 radical (unpaired) electrons. The maximum Gasteiger partial charge on any atom is 0.326 e. The topological polar surface area (TPSA) is 243 Å². The van der Waals surface area contributed by atoms with E-state index in [1.54, 1.807) is 30.3 Å². The molecular formula is C29H35N7O7. The predicted molar refractivity (Wildman–Crippen MR) is 154 cm³/mol. The van der Waals surface area contributed by atoms with Crippen molar-refractivity contribution in [3.05, 3.63) is 83.9 Å². The van der Waals surface area contributed by atoms with Crippen molar-refractivity contribution in [3.8, 4) is 5.75 Å². The van der Waals surface area contributed by atoms with Gasteiger partial charge in [0.05, 0.1) is 12.4 Å². The van der Waals surface area contributed by atoms with E-state index >= 15 is 0 Å². The number of aromatic amines is 1. The number of primary amides is 1. The van der Waals surface area contributed by atoms with Crippen LogP contribution in [0.25, 0.3) is 0 Å². The molecule has 10 N–H and O–H groups in total. The molecule has 0 fully saturated rings. The van der Waals surface area contributed by atoms with Gasteiger partial charge in [-0.1, -0.05) is 42.5 Å². The lowest BCUT2D eigenvalue weighted by molar-refractivity contribution is -0.142. The van der Waals surface area contributed by atoms with E-state index in [0.717, 1.165) is 0 Å². The number of phenolic OH excluding ortho intramolecular Hbond substituents is 1. The standard InChI is InChI=1S/C29H35N7O7/c30-21(10-11-25(31)38)26(39)34-23(14-19-15-32-16-33-19)28(41)35-22(12-17-4-2-1-3-5-17)27(40)36-24(29(42)43)13-18-6-8-20(37)9-7-18/h1-9,15-16,21-24,37H,10-14,30H2,(H2,31,38)(H,32,33)(H,34,39)(H,35,41)(H,36,40)(H,42,43). The Morgan fingerprint density at radius 3 is 1.93 bits per heavy atom.